The molecule has 1 aromatic heterocycles. The number of carbonyl (C=O) groups excluding carboxylic acids is 1. The van der Waals surface area contributed by atoms with Gasteiger partial charge in [-0.1, -0.05) is 13.8 Å². The van der Waals surface area contributed by atoms with Gasteiger partial charge in [0.15, 0.2) is 5.78 Å². The number of H-pyrrole nitrogens is 1. The van der Waals surface area contributed by atoms with Crippen LogP contribution in [0.1, 0.15) is 36.5 Å². The number of benzene rings is 1. The van der Waals surface area contributed by atoms with Gasteiger partial charge in [0.05, 0.1) is 17.6 Å². The molecule has 2 aromatic rings. The number of carbonyl (C=O) groups is 1. The molecule has 21 heavy (non-hydrogen) atoms. The number of nitrogens with zero attached hydrogens (tertiary/aromatic N) is 2. The molecule has 112 valence electrons. The molecular formula is C17H23N3O. The molecule has 0 spiro atoms. The van der Waals surface area contributed by atoms with Crippen LogP contribution in [0.15, 0.2) is 18.2 Å². The van der Waals surface area contributed by atoms with E-state index in [1.54, 1.807) is 0 Å². The molecular weight excluding hydrogens is 262 g/mol. The minimum atomic E-state index is 0.199. The van der Waals surface area contributed by atoms with Crippen molar-refractivity contribution in [1.29, 1.82) is 0 Å². The van der Waals surface area contributed by atoms with Gasteiger partial charge < -0.3 is 4.98 Å². The summed E-state index contributed by atoms with van der Waals surface area (Å²) in [6.07, 6.45) is 1.27. The first-order chi connectivity index (χ1) is 10.0. The Morgan fingerprint density at radius 3 is 2.76 bits per heavy atom. The Bertz CT molecular complexity index is 651. The number of piperidine rings is 1. The molecule has 1 saturated heterocycles. The molecule has 2 heterocycles. The van der Waals surface area contributed by atoms with Crippen LogP contribution in [0.25, 0.3) is 11.0 Å². The first-order valence-electron chi connectivity index (χ1n) is 7.73. The number of aromatic amines is 1. The van der Waals surface area contributed by atoms with Crippen LogP contribution >= 0.6 is 0 Å². The molecule has 0 bridgehead atoms. The maximum atomic E-state index is 12.5. The number of ketones is 1. The van der Waals surface area contributed by atoms with Crippen molar-refractivity contribution in [3.63, 3.8) is 0 Å². The fourth-order valence-corrected chi connectivity index (χ4v) is 3.53. The van der Waals surface area contributed by atoms with Gasteiger partial charge >= 0.3 is 0 Å². The van der Waals surface area contributed by atoms with Crippen molar-refractivity contribution < 1.29 is 4.79 Å². The zero-order valence-electron chi connectivity index (χ0n) is 13.0. The highest BCUT2D eigenvalue weighted by Gasteiger charge is 2.23. The third-order valence-corrected chi connectivity index (χ3v) is 4.23. The summed E-state index contributed by atoms with van der Waals surface area (Å²) in [5, 5.41) is 0. The molecule has 1 N–H and O–H groups in total. The summed E-state index contributed by atoms with van der Waals surface area (Å²) < 4.78 is 0. The van der Waals surface area contributed by atoms with Gasteiger partial charge in [0, 0.05) is 18.7 Å². The van der Waals surface area contributed by atoms with E-state index in [4.69, 9.17) is 0 Å². The van der Waals surface area contributed by atoms with E-state index >= 15 is 0 Å². The number of nitrogens with one attached hydrogen (secondary N) is 1. The average Bonchev–Trinajstić information content (AvgIpc) is 2.76. The lowest BCUT2D eigenvalue weighted by Gasteiger charge is -2.34. The quantitative estimate of drug-likeness (QED) is 0.882. The lowest BCUT2D eigenvalue weighted by molar-refractivity contribution is 0.0849. The van der Waals surface area contributed by atoms with Crippen molar-refractivity contribution in [2.75, 3.05) is 19.6 Å². The third-order valence-electron chi connectivity index (χ3n) is 4.23. The van der Waals surface area contributed by atoms with Crippen molar-refractivity contribution in [2.24, 2.45) is 11.8 Å². The average molecular weight is 285 g/mol. The van der Waals surface area contributed by atoms with Crippen LogP contribution in [0.2, 0.25) is 0 Å². The number of imidazole rings is 1. The van der Waals surface area contributed by atoms with E-state index in [9.17, 15) is 4.79 Å². The van der Waals surface area contributed by atoms with Gasteiger partial charge in [-0.05, 0) is 43.4 Å². The molecule has 2 unspecified atom stereocenters. The van der Waals surface area contributed by atoms with Gasteiger partial charge in [0.2, 0.25) is 0 Å². The zero-order chi connectivity index (χ0) is 15.0. The van der Waals surface area contributed by atoms with Crippen LogP contribution in [0.3, 0.4) is 0 Å². The highest BCUT2D eigenvalue weighted by molar-refractivity contribution is 6.00. The molecule has 1 aromatic carbocycles. The highest BCUT2D eigenvalue weighted by atomic mass is 16.1. The van der Waals surface area contributed by atoms with Crippen molar-refractivity contribution in [1.82, 2.24) is 14.9 Å². The maximum Gasteiger partial charge on any atom is 0.176 e. The molecule has 4 heteroatoms. The van der Waals surface area contributed by atoms with Crippen molar-refractivity contribution in [3.8, 4) is 0 Å². The highest BCUT2D eigenvalue weighted by Crippen LogP contribution is 2.21. The molecule has 0 saturated carbocycles. The number of fused-ring (bicyclic) bond motifs is 1. The van der Waals surface area contributed by atoms with Crippen LogP contribution in [0.4, 0.5) is 0 Å². The first kappa shape index (κ1) is 14.3. The molecule has 3 rings (SSSR count). The second kappa shape index (κ2) is 5.60. The van der Waals surface area contributed by atoms with Crippen LogP contribution in [-0.2, 0) is 0 Å². The lowest BCUT2D eigenvalue weighted by Crippen LogP contribution is -2.41. The Balaban J connectivity index is 1.74. The summed E-state index contributed by atoms with van der Waals surface area (Å²) in [5.41, 5.74) is 2.64. The van der Waals surface area contributed by atoms with Crippen molar-refractivity contribution >= 4 is 16.8 Å². The van der Waals surface area contributed by atoms with Gasteiger partial charge in [-0.3, -0.25) is 9.69 Å². The number of aromatic nitrogens is 2. The predicted octanol–water partition coefficient (Wildman–Crippen LogP) is 3.03. The van der Waals surface area contributed by atoms with E-state index in [1.807, 2.05) is 25.1 Å². The lowest BCUT2D eigenvalue weighted by atomic mass is 9.91. The van der Waals surface area contributed by atoms with E-state index in [0.29, 0.717) is 18.4 Å². The monoisotopic (exact) mass is 285 g/mol. The number of likely N-dealkylation sites (tertiary alicyclic amines) is 1. The Kier molecular flexibility index (Phi) is 3.81. The number of hydrogen-bond acceptors (Lipinski definition) is 3. The van der Waals surface area contributed by atoms with E-state index in [1.165, 1.54) is 6.42 Å². The molecule has 1 aliphatic heterocycles. The number of rotatable bonds is 3. The third kappa shape index (κ3) is 3.16. The second-order valence-electron chi connectivity index (χ2n) is 6.62. The Labute approximate surface area is 125 Å². The normalized spacial score (nSPS) is 23.6. The number of Topliss-reactive ketones (excluding diaryl/α,β-unsaturated/α-hetero) is 1. The van der Waals surface area contributed by atoms with E-state index in [-0.39, 0.29) is 5.78 Å². The molecule has 0 amide bonds. The van der Waals surface area contributed by atoms with E-state index in [2.05, 4.69) is 28.7 Å². The number of aryl methyl sites for hydroxylation is 1. The smallest absolute Gasteiger partial charge is 0.176 e. The molecule has 2 atom stereocenters. The van der Waals surface area contributed by atoms with Crippen LogP contribution in [0, 0.1) is 18.8 Å². The summed E-state index contributed by atoms with van der Waals surface area (Å²) in [4.78, 5) is 22.4. The summed E-state index contributed by atoms with van der Waals surface area (Å²) in [7, 11) is 0. The topological polar surface area (TPSA) is 49.0 Å². The SMILES string of the molecule is Cc1nc2ccc(C(=O)CN3CC(C)CC(C)C3)cc2[nH]1. The molecule has 0 radical (unpaired) electrons. The fraction of sp³-hybridized carbons (Fsp3) is 0.529. The van der Waals surface area contributed by atoms with Gasteiger partial charge in [-0.25, -0.2) is 4.98 Å². The minimum Gasteiger partial charge on any atom is -0.342 e. The molecule has 4 nitrogen and oxygen atoms in total. The van der Waals surface area contributed by atoms with Gasteiger partial charge in [0.1, 0.15) is 5.82 Å². The summed E-state index contributed by atoms with van der Waals surface area (Å²) in [6, 6.07) is 5.74. The van der Waals surface area contributed by atoms with Crippen LogP contribution in [0.5, 0.6) is 0 Å². The van der Waals surface area contributed by atoms with Crippen LogP contribution in [-0.4, -0.2) is 40.3 Å². The minimum absolute atomic E-state index is 0.199. The molecule has 0 aliphatic carbocycles. The summed E-state index contributed by atoms with van der Waals surface area (Å²) in [5.74, 6) is 2.44. The van der Waals surface area contributed by atoms with Crippen LogP contribution < -0.4 is 0 Å². The van der Waals surface area contributed by atoms with Gasteiger partial charge in [0.25, 0.3) is 0 Å². The summed E-state index contributed by atoms with van der Waals surface area (Å²) >= 11 is 0. The Morgan fingerprint density at radius 1 is 1.33 bits per heavy atom. The molecule has 1 aliphatic rings. The standard InChI is InChI=1S/C17H23N3O/c1-11-6-12(2)9-20(8-11)10-17(21)14-4-5-15-16(7-14)19-13(3)18-15/h4-5,7,11-12H,6,8-10H2,1-3H3,(H,18,19). The van der Waals surface area contributed by atoms with E-state index in [0.717, 1.165) is 35.5 Å². The predicted molar refractivity (Wildman–Crippen MR) is 84.5 cm³/mol. The van der Waals surface area contributed by atoms with Crippen molar-refractivity contribution in [3.05, 3.63) is 29.6 Å². The first-order valence-corrected chi connectivity index (χ1v) is 7.73. The van der Waals surface area contributed by atoms with Crippen molar-refractivity contribution in [2.45, 2.75) is 27.2 Å². The summed E-state index contributed by atoms with van der Waals surface area (Å²) in [6.45, 7) is 9.05. The number of hydrogen-bond donors (Lipinski definition) is 1. The van der Waals surface area contributed by atoms with Gasteiger partial charge in [-0.2, -0.15) is 0 Å². The largest absolute Gasteiger partial charge is 0.342 e. The van der Waals surface area contributed by atoms with Gasteiger partial charge in [-0.15, -0.1) is 0 Å². The van der Waals surface area contributed by atoms with E-state index < -0.39 is 0 Å². The Hall–Kier alpha value is -1.68. The fourth-order valence-electron chi connectivity index (χ4n) is 3.53. The Morgan fingerprint density at radius 2 is 2.05 bits per heavy atom. The molecule has 1 fully saturated rings. The maximum absolute atomic E-state index is 12.5. The zero-order valence-corrected chi connectivity index (χ0v) is 13.0. The second-order valence-corrected chi connectivity index (χ2v) is 6.62.